The Morgan fingerprint density at radius 1 is 1.46 bits per heavy atom. The van der Waals surface area contributed by atoms with Gasteiger partial charge in [0, 0.05) is 12.4 Å². The molecule has 0 aliphatic carbocycles. The molecule has 0 aliphatic heterocycles. The predicted molar refractivity (Wildman–Crippen MR) is 50.7 cm³/mol. The Morgan fingerprint density at radius 2 is 2.15 bits per heavy atom. The van der Waals surface area contributed by atoms with Crippen LogP contribution in [-0.2, 0) is 0 Å². The number of hydrogen-bond acceptors (Lipinski definition) is 4. The van der Waals surface area contributed by atoms with E-state index in [9.17, 15) is 0 Å². The molecule has 0 fully saturated rings. The molecule has 1 aromatic rings. The van der Waals surface area contributed by atoms with Crippen LogP contribution in [0.15, 0.2) is 12.4 Å². The second kappa shape index (κ2) is 4.77. The first-order valence-corrected chi connectivity index (χ1v) is 4.35. The highest BCUT2D eigenvalue weighted by molar-refractivity contribution is 5.20. The lowest BCUT2D eigenvalue weighted by Gasteiger charge is -2.14. The fourth-order valence-corrected chi connectivity index (χ4v) is 1.27. The molecular formula is C9H15N3O. The van der Waals surface area contributed by atoms with Crippen molar-refractivity contribution in [2.24, 2.45) is 0 Å². The van der Waals surface area contributed by atoms with Crippen molar-refractivity contribution in [2.75, 3.05) is 14.2 Å². The molecule has 1 atom stereocenters. The lowest BCUT2D eigenvalue weighted by molar-refractivity contribution is 0.378. The van der Waals surface area contributed by atoms with E-state index in [1.54, 1.807) is 19.5 Å². The van der Waals surface area contributed by atoms with Crippen molar-refractivity contribution in [1.82, 2.24) is 15.3 Å². The van der Waals surface area contributed by atoms with Crippen molar-refractivity contribution >= 4 is 0 Å². The first-order valence-electron chi connectivity index (χ1n) is 4.35. The van der Waals surface area contributed by atoms with Crippen LogP contribution in [0.3, 0.4) is 0 Å². The highest BCUT2D eigenvalue weighted by Crippen LogP contribution is 2.21. The number of nitrogens with one attached hydrogen (secondary N) is 1. The van der Waals surface area contributed by atoms with Gasteiger partial charge >= 0.3 is 0 Å². The minimum absolute atomic E-state index is 0.212. The van der Waals surface area contributed by atoms with Crippen molar-refractivity contribution in [3.05, 3.63) is 18.1 Å². The Hall–Kier alpha value is -1.16. The molecule has 1 rings (SSSR count). The molecule has 13 heavy (non-hydrogen) atoms. The molecular weight excluding hydrogens is 166 g/mol. The molecule has 1 N–H and O–H groups in total. The quantitative estimate of drug-likeness (QED) is 0.757. The second-order valence-electron chi connectivity index (χ2n) is 2.70. The summed E-state index contributed by atoms with van der Waals surface area (Å²) in [6.07, 6.45) is 4.27. The van der Waals surface area contributed by atoms with Gasteiger partial charge in [0.25, 0.3) is 0 Å². The van der Waals surface area contributed by atoms with Crippen molar-refractivity contribution in [3.63, 3.8) is 0 Å². The fraction of sp³-hybridized carbons (Fsp3) is 0.556. The highest BCUT2D eigenvalue weighted by atomic mass is 16.5. The van der Waals surface area contributed by atoms with Crippen LogP contribution in [0.5, 0.6) is 5.88 Å². The summed E-state index contributed by atoms with van der Waals surface area (Å²) in [7, 11) is 3.51. The van der Waals surface area contributed by atoms with Crippen LogP contribution in [-0.4, -0.2) is 24.1 Å². The van der Waals surface area contributed by atoms with Gasteiger partial charge in [0.15, 0.2) is 0 Å². The van der Waals surface area contributed by atoms with Gasteiger partial charge in [0.05, 0.1) is 13.2 Å². The van der Waals surface area contributed by atoms with E-state index in [4.69, 9.17) is 4.74 Å². The number of ether oxygens (including phenoxy) is 1. The molecule has 72 valence electrons. The van der Waals surface area contributed by atoms with Crippen molar-refractivity contribution in [1.29, 1.82) is 0 Å². The van der Waals surface area contributed by atoms with Gasteiger partial charge < -0.3 is 10.1 Å². The molecule has 4 heteroatoms. The molecule has 0 spiro atoms. The summed E-state index contributed by atoms with van der Waals surface area (Å²) in [4.78, 5) is 8.33. The van der Waals surface area contributed by atoms with Crippen LogP contribution in [0.1, 0.15) is 25.1 Å². The van der Waals surface area contributed by atoms with E-state index in [0.717, 1.165) is 12.1 Å². The van der Waals surface area contributed by atoms with Crippen LogP contribution in [0.4, 0.5) is 0 Å². The molecule has 1 aromatic heterocycles. The molecule has 0 amide bonds. The minimum Gasteiger partial charge on any atom is -0.480 e. The first kappa shape index (κ1) is 9.92. The maximum absolute atomic E-state index is 5.12. The van der Waals surface area contributed by atoms with Crippen molar-refractivity contribution in [2.45, 2.75) is 19.4 Å². The summed E-state index contributed by atoms with van der Waals surface area (Å²) in [5.41, 5.74) is 0.870. The van der Waals surface area contributed by atoms with Crippen molar-refractivity contribution < 1.29 is 4.74 Å². The summed E-state index contributed by atoms with van der Waals surface area (Å²) in [5, 5.41) is 3.16. The lowest BCUT2D eigenvalue weighted by Crippen LogP contribution is -2.17. The van der Waals surface area contributed by atoms with Gasteiger partial charge in [-0.15, -0.1) is 0 Å². The predicted octanol–water partition coefficient (Wildman–Crippen LogP) is 1.16. The molecule has 1 unspecified atom stereocenters. The van der Waals surface area contributed by atoms with Gasteiger partial charge in [0.2, 0.25) is 5.88 Å². The van der Waals surface area contributed by atoms with Gasteiger partial charge in [-0.3, -0.25) is 4.98 Å². The average molecular weight is 181 g/mol. The fourth-order valence-electron chi connectivity index (χ4n) is 1.27. The van der Waals surface area contributed by atoms with Crippen molar-refractivity contribution in [3.8, 4) is 5.88 Å². The molecule has 0 saturated carbocycles. The topological polar surface area (TPSA) is 47.0 Å². The average Bonchev–Trinajstić information content (AvgIpc) is 2.20. The van der Waals surface area contributed by atoms with Gasteiger partial charge in [-0.2, -0.15) is 0 Å². The third kappa shape index (κ3) is 2.15. The summed E-state index contributed by atoms with van der Waals surface area (Å²) in [6.45, 7) is 2.09. The molecule has 0 bridgehead atoms. The molecule has 0 radical (unpaired) electrons. The van der Waals surface area contributed by atoms with Crippen LogP contribution in [0.25, 0.3) is 0 Å². The third-order valence-corrected chi connectivity index (χ3v) is 1.97. The first-order chi connectivity index (χ1) is 6.33. The normalized spacial score (nSPS) is 12.5. The summed E-state index contributed by atoms with van der Waals surface area (Å²) in [6, 6.07) is 0.212. The maximum atomic E-state index is 5.12. The number of aromatic nitrogens is 2. The van der Waals surface area contributed by atoms with Crippen LogP contribution in [0, 0.1) is 0 Å². The zero-order valence-electron chi connectivity index (χ0n) is 8.24. The number of nitrogens with zero attached hydrogens (tertiary/aromatic N) is 2. The number of rotatable bonds is 4. The van der Waals surface area contributed by atoms with E-state index < -0.39 is 0 Å². The van der Waals surface area contributed by atoms with Gasteiger partial charge in [-0.1, -0.05) is 6.92 Å². The minimum atomic E-state index is 0.212. The molecule has 0 aliphatic rings. The third-order valence-electron chi connectivity index (χ3n) is 1.97. The summed E-state index contributed by atoms with van der Waals surface area (Å²) < 4.78 is 5.12. The second-order valence-corrected chi connectivity index (χ2v) is 2.70. The highest BCUT2D eigenvalue weighted by Gasteiger charge is 2.14. The van der Waals surface area contributed by atoms with E-state index >= 15 is 0 Å². The Kier molecular flexibility index (Phi) is 3.64. The van der Waals surface area contributed by atoms with Crippen LogP contribution >= 0.6 is 0 Å². The monoisotopic (exact) mass is 181 g/mol. The molecule has 0 saturated heterocycles. The zero-order chi connectivity index (χ0) is 9.68. The number of methoxy groups -OCH3 is 1. The largest absolute Gasteiger partial charge is 0.480 e. The van der Waals surface area contributed by atoms with Gasteiger partial charge in [-0.05, 0) is 13.5 Å². The van der Waals surface area contributed by atoms with Gasteiger partial charge in [-0.25, -0.2) is 4.98 Å². The number of hydrogen-bond donors (Lipinski definition) is 1. The van der Waals surface area contributed by atoms with Crippen LogP contribution in [0.2, 0.25) is 0 Å². The van der Waals surface area contributed by atoms with E-state index in [-0.39, 0.29) is 6.04 Å². The van der Waals surface area contributed by atoms with Gasteiger partial charge in [0.1, 0.15) is 5.69 Å². The smallest absolute Gasteiger partial charge is 0.236 e. The molecule has 0 aromatic carbocycles. The lowest BCUT2D eigenvalue weighted by atomic mass is 10.1. The Labute approximate surface area is 78.4 Å². The summed E-state index contributed by atoms with van der Waals surface area (Å²) >= 11 is 0. The van der Waals surface area contributed by atoms with Crippen LogP contribution < -0.4 is 10.1 Å². The summed E-state index contributed by atoms with van der Waals surface area (Å²) in [5.74, 6) is 0.601. The maximum Gasteiger partial charge on any atom is 0.236 e. The van der Waals surface area contributed by atoms with E-state index in [0.29, 0.717) is 5.88 Å². The standard InChI is InChI=1S/C9H15N3O/c1-4-7(10-2)8-9(13-3)12-6-5-11-8/h5-7,10H,4H2,1-3H3. The Bertz CT molecular complexity index is 261. The van der Waals surface area contributed by atoms with E-state index in [1.807, 2.05) is 7.05 Å². The molecule has 1 heterocycles. The van der Waals surface area contributed by atoms with E-state index in [2.05, 4.69) is 22.2 Å². The van der Waals surface area contributed by atoms with E-state index in [1.165, 1.54) is 0 Å². The molecule has 4 nitrogen and oxygen atoms in total. The Balaban J connectivity index is 2.96. The Morgan fingerprint density at radius 3 is 2.69 bits per heavy atom. The zero-order valence-corrected chi connectivity index (χ0v) is 8.24. The SMILES string of the molecule is CCC(NC)c1nccnc1OC.